The van der Waals surface area contributed by atoms with Crippen LogP contribution in [0.25, 0.3) is 0 Å². The molecule has 0 bridgehead atoms. The number of hydrogen-bond acceptors (Lipinski definition) is 3. The molecule has 0 aliphatic carbocycles. The molecule has 4 nitrogen and oxygen atoms in total. The first-order valence-corrected chi connectivity index (χ1v) is 7.14. The third kappa shape index (κ3) is 6.36. The highest BCUT2D eigenvalue weighted by Gasteiger charge is 2.18. The van der Waals surface area contributed by atoms with Crippen molar-refractivity contribution in [2.75, 3.05) is 26.2 Å². The number of rotatable bonds is 6. The first kappa shape index (κ1) is 15.4. The standard InChI is InChI=1S/C14H28N2O2/c1-11(2)8-13(17)9-15-14(18)10-16-6-4-12(3)5-7-16/h11-13,17H,4-10H2,1-3H3,(H,15,18). The summed E-state index contributed by atoms with van der Waals surface area (Å²) in [5, 5.41) is 12.5. The molecule has 0 aromatic heterocycles. The van der Waals surface area contributed by atoms with Gasteiger partial charge in [-0.05, 0) is 44.2 Å². The Kier molecular flexibility index (Phi) is 6.65. The summed E-state index contributed by atoms with van der Waals surface area (Å²) in [7, 11) is 0. The topological polar surface area (TPSA) is 52.6 Å². The summed E-state index contributed by atoms with van der Waals surface area (Å²) in [6.07, 6.45) is 2.68. The number of aliphatic hydroxyl groups is 1. The molecule has 0 radical (unpaired) electrons. The third-order valence-corrected chi connectivity index (χ3v) is 3.52. The second kappa shape index (κ2) is 7.74. The molecule has 1 fully saturated rings. The molecule has 1 aliphatic rings. The minimum absolute atomic E-state index is 0.0346. The van der Waals surface area contributed by atoms with Crippen molar-refractivity contribution in [3.05, 3.63) is 0 Å². The van der Waals surface area contributed by atoms with Crippen molar-refractivity contribution in [1.29, 1.82) is 0 Å². The van der Waals surface area contributed by atoms with Gasteiger partial charge in [-0.1, -0.05) is 20.8 Å². The second-order valence-electron chi connectivity index (χ2n) is 6.05. The summed E-state index contributed by atoms with van der Waals surface area (Å²) in [5.74, 6) is 1.28. The SMILES string of the molecule is CC(C)CC(O)CNC(=O)CN1CCC(C)CC1. The Labute approximate surface area is 111 Å². The molecule has 1 saturated heterocycles. The molecule has 0 spiro atoms. The second-order valence-corrected chi connectivity index (χ2v) is 6.05. The predicted molar refractivity (Wildman–Crippen MR) is 73.3 cm³/mol. The summed E-state index contributed by atoms with van der Waals surface area (Å²) in [4.78, 5) is 13.9. The van der Waals surface area contributed by atoms with Gasteiger partial charge in [0.2, 0.25) is 5.91 Å². The molecule has 1 heterocycles. The molecule has 106 valence electrons. The quantitative estimate of drug-likeness (QED) is 0.752. The summed E-state index contributed by atoms with van der Waals surface area (Å²) >= 11 is 0. The molecule has 0 aromatic rings. The van der Waals surface area contributed by atoms with E-state index in [2.05, 4.69) is 31.0 Å². The number of hydrogen-bond donors (Lipinski definition) is 2. The summed E-state index contributed by atoms with van der Waals surface area (Å²) in [6.45, 7) is 9.29. The van der Waals surface area contributed by atoms with Crippen LogP contribution in [0.4, 0.5) is 0 Å². The van der Waals surface area contributed by atoms with E-state index in [1.807, 2.05) is 0 Å². The van der Waals surface area contributed by atoms with Crippen molar-refractivity contribution in [3.63, 3.8) is 0 Å². The van der Waals surface area contributed by atoms with E-state index in [9.17, 15) is 9.90 Å². The Morgan fingerprint density at radius 1 is 1.39 bits per heavy atom. The summed E-state index contributed by atoms with van der Waals surface area (Å²) < 4.78 is 0. The number of piperidine rings is 1. The fraction of sp³-hybridized carbons (Fsp3) is 0.929. The minimum Gasteiger partial charge on any atom is -0.391 e. The maximum absolute atomic E-state index is 11.7. The number of carbonyl (C=O) groups excluding carboxylic acids is 1. The Bertz CT molecular complexity index is 248. The number of amides is 1. The summed E-state index contributed by atoms with van der Waals surface area (Å²) in [6, 6.07) is 0. The zero-order chi connectivity index (χ0) is 13.5. The van der Waals surface area contributed by atoms with Crippen LogP contribution in [0.3, 0.4) is 0 Å². The smallest absolute Gasteiger partial charge is 0.234 e. The molecule has 1 amide bonds. The van der Waals surface area contributed by atoms with Crippen LogP contribution < -0.4 is 5.32 Å². The molecule has 1 atom stereocenters. The average Bonchev–Trinajstić information content (AvgIpc) is 2.29. The maximum Gasteiger partial charge on any atom is 0.234 e. The van der Waals surface area contributed by atoms with Gasteiger partial charge in [0.15, 0.2) is 0 Å². The first-order chi connectivity index (χ1) is 8.47. The van der Waals surface area contributed by atoms with Crippen LogP contribution in [-0.4, -0.2) is 48.2 Å². The van der Waals surface area contributed by atoms with Gasteiger partial charge in [0.05, 0.1) is 12.6 Å². The van der Waals surface area contributed by atoms with Crippen molar-refractivity contribution in [2.45, 2.75) is 46.1 Å². The van der Waals surface area contributed by atoms with Crippen LogP contribution in [0.5, 0.6) is 0 Å². The van der Waals surface area contributed by atoms with E-state index in [1.54, 1.807) is 0 Å². The minimum atomic E-state index is -0.421. The van der Waals surface area contributed by atoms with Crippen molar-refractivity contribution in [1.82, 2.24) is 10.2 Å². The number of likely N-dealkylation sites (tertiary alicyclic amines) is 1. The molecule has 18 heavy (non-hydrogen) atoms. The Morgan fingerprint density at radius 3 is 2.56 bits per heavy atom. The van der Waals surface area contributed by atoms with E-state index in [-0.39, 0.29) is 5.91 Å². The van der Waals surface area contributed by atoms with E-state index in [0.29, 0.717) is 19.0 Å². The molecular weight excluding hydrogens is 228 g/mol. The Morgan fingerprint density at radius 2 is 2.00 bits per heavy atom. The fourth-order valence-electron chi connectivity index (χ4n) is 2.34. The van der Waals surface area contributed by atoms with Crippen molar-refractivity contribution < 1.29 is 9.90 Å². The Hall–Kier alpha value is -0.610. The lowest BCUT2D eigenvalue weighted by Crippen LogP contribution is -2.43. The van der Waals surface area contributed by atoms with Crippen LogP contribution in [-0.2, 0) is 4.79 Å². The molecular formula is C14H28N2O2. The highest BCUT2D eigenvalue weighted by Crippen LogP contribution is 2.15. The number of aliphatic hydroxyl groups excluding tert-OH is 1. The van der Waals surface area contributed by atoms with Crippen molar-refractivity contribution >= 4 is 5.91 Å². The van der Waals surface area contributed by atoms with Gasteiger partial charge in [-0.2, -0.15) is 0 Å². The van der Waals surface area contributed by atoms with Crippen LogP contribution in [0, 0.1) is 11.8 Å². The van der Waals surface area contributed by atoms with E-state index in [1.165, 1.54) is 12.8 Å². The monoisotopic (exact) mass is 256 g/mol. The van der Waals surface area contributed by atoms with Gasteiger partial charge in [0, 0.05) is 6.54 Å². The van der Waals surface area contributed by atoms with E-state index >= 15 is 0 Å². The van der Waals surface area contributed by atoms with Gasteiger partial charge in [0.1, 0.15) is 0 Å². The lowest BCUT2D eigenvalue weighted by Gasteiger charge is -2.29. The molecule has 1 aliphatic heterocycles. The van der Waals surface area contributed by atoms with Crippen molar-refractivity contribution in [2.24, 2.45) is 11.8 Å². The normalized spacial score (nSPS) is 20.1. The van der Waals surface area contributed by atoms with Gasteiger partial charge in [0.25, 0.3) is 0 Å². The lowest BCUT2D eigenvalue weighted by atomic mass is 9.99. The first-order valence-electron chi connectivity index (χ1n) is 7.14. The fourth-order valence-corrected chi connectivity index (χ4v) is 2.34. The van der Waals surface area contributed by atoms with Crippen LogP contribution >= 0.6 is 0 Å². The van der Waals surface area contributed by atoms with Gasteiger partial charge in [-0.25, -0.2) is 0 Å². The largest absolute Gasteiger partial charge is 0.391 e. The van der Waals surface area contributed by atoms with Gasteiger partial charge >= 0.3 is 0 Å². The molecule has 0 saturated carbocycles. The number of nitrogens with one attached hydrogen (secondary N) is 1. The lowest BCUT2D eigenvalue weighted by molar-refractivity contribution is -0.123. The summed E-state index contributed by atoms with van der Waals surface area (Å²) in [5.41, 5.74) is 0. The third-order valence-electron chi connectivity index (χ3n) is 3.52. The number of nitrogens with zero attached hydrogens (tertiary/aromatic N) is 1. The molecule has 1 rings (SSSR count). The van der Waals surface area contributed by atoms with Gasteiger partial charge < -0.3 is 10.4 Å². The molecule has 1 unspecified atom stereocenters. The van der Waals surface area contributed by atoms with Crippen LogP contribution in [0.1, 0.15) is 40.0 Å². The van der Waals surface area contributed by atoms with Gasteiger partial charge in [-0.3, -0.25) is 9.69 Å². The highest BCUT2D eigenvalue weighted by atomic mass is 16.3. The molecule has 0 aromatic carbocycles. The van der Waals surface area contributed by atoms with E-state index in [4.69, 9.17) is 0 Å². The zero-order valence-corrected chi connectivity index (χ0v) is 12.0. The maximum atomic E-state index is 11.7. The molecule has 4 heteroatoms. The van der Waals surface area contributed by atoms with E-state index in [0.717, 1.165) is 25.4 Å². The Balaban J connectivity index is 2.13. The van der Waals surface area contributed by atoms with Crippen molar-refractivity contribution in [3.8, 4) is 0 Å². The van der Waals surface area contributed by atoms with Gasteiger partial charge in [-0.15, -0.1) is 0 Å². The van der Waals surface area contributed by atoms with Crippen LogP contribution in [0.15, 0.2) is 0 Å². The predicted octanol–water partition coefficient (Wildman–Crippen LogP) is 1.24. The highest BCUT2D eigenvalue weighted by molar-refractivity contribution is 5.78. The zero-order valence-electron chi connectivity index (χ0n) is 12.0. The average molecular weight is 256 g/mol. The van der Waals surface area contributed by atoms with E-state index < -0.39 is 6.10 Å². The van der Waals surface area contributed by atoms with Crippen LogP contribution in [0.2, 0.25) is 0 Å². The molecule has 2 N–H and O–H groups in total. The number of carbonyl (C=O) groups is 1.